The van der Waals surface area contributed by atoms with Crippen LogP contribution in [0.4, 0.5) is 17.5 Å². The molecule has 0 bridgehead atoms. The third-order valence-corrected chi connectivity index (χ3v) is 3.72. The van der Waals surface area contributed by atoms with E-state index < -0.39 is 0 Å². The lowest BCUT2D eigenvalue weighted by atomic mass is 10.1. The molecule has 0 unspecified atom stereocenters. The van der Waals surface area contributed by atoms with E-state index in [4.69, 9.17) is 0 Å². The molecule has 0 saturated carbocycles. The van der Waals surface area contributed by atoms with Gasteiger partial charge in [0, 0.05) is 12.2 Å². The van der Waals surface area contributed by atoms with Gasteiger partial charge in [-0.15, -0.1) is 5.10 Å². The van der Waals surface area contributed by atoms with Gasteiger partial charge < -0.3 is 15.4 Å². The van der Waals surface area contributed by atoms with Gasteiger partial charge in [-0.05, 0) is 36.8 Å². The normalized spacial score (nSPS) is 10.2. The van der Waals surface area contributed by atoms with Crippen LogP contribution in [0.2, 0.25) is 0 Å². The summed E-state index contributed by atoms with van der Waals surface area (Å²) >= 11 is 0. The van der Waals surface area contributed by atoms with Crippen LogP contribution >= 0.6 is 0 Å². The van der Waals surface area contributed by atoms with Crippen LogP contribution in [0, 0.1) is 6.92 Å². The number of ether oxygens (including phenoxy) is 1. The molecule has 0 amide bonds. The number of hydrogen-bond donors (Lipinski definition) is 2. The second-order valence-corrected chi connectivity index (χ2v) is 5.70. The quantitative estimate of drug-likeness (QED) is 0.660. The van der Waals surface area contributed by atoms with Crippen molar-refractivity contribution >= 4 is 23.4 Å². The molecule has 1 heterocycles. The largest absolute Gasteiger partial charge is 0.465 e. The number of aromatic nitrogens is 3. The van der Waals surface area contributed by atoms with Gasteiger partial charge >= 0.3 is 5.97 Å². The first-order valence-corrected chi connectivity index (χ1v) is 8.08. The fourth-order valence-electron chi connectivity index (χ4n) is 2.28. The Morgan fingerprint density at radius 2 is 1.81 bits per heavy atom. The zero-order chi connectivity index (χ0) is 18.4. The van der Waals surface area contributed by atoms with E-state index >= 15 is 0 Å². The molecule has 2 aromatic carbocycles. The highest BCUT2D eigenvalue weighted by Gasteiger charge is 2.06. The van der Waals surface area contributed by atoms with E-state index in [0.29, 0.717) is 23.9 Å². The number of carbonyl (C=O) groups excluding carboxylic acids is 1. The summed E-state index contributed by atoms with van der Waals surface area (Å²) in [6.45, 7) is 2.70. The number of carbonyl (C=O) groups is 1. The molecular weight excluding hydrogens is 330 g/mol. The van der Waals surface area contributed by atoms with E-state index in [2.05, 4.69) is 61.7 Å². The Morgan fingerprint density at radius 3 is 2.50 bits per heavy atom. The van der Waals surface area contributed by atoms with Crippen LogP contribution in [-0.4, -0.2) is 28.3 Å². The number of nitrogens with one attached hydrogen (secondary N) is 2. The van der Waals surface area contributed by atoms with Crippen molar-refractivity contribution in [2.75, 3.05) is 17.7 Å². The average molecular weight is 349 g/mol. The van der Waals surface area contributed by atoms with Crippen molar-refractivity contribution in [1.82, 2.24) is 15.2 Å². The standard InChI is InChI=1S/C19H19N5O2/c1-13-3-5-14(6-4-13)11-20-17-12-21-24-19(23-17)22-16-9-7-15(8-10-16)18(25)26-2/h3-10,12H,11H2,1-2H3,(H2,20,22,23,24). The maximum absolute atomic E-state index is 11.4. The van der Waals surface area contributed by atoms with Gasteiger partial charge in [0.05, 0.1) is 18.9 Å². The second kappa shape index (κ2) is 8.06. The number of methoxy groups -OCH3 is 1. The van der Waals surface area contributed by atoms with Crippen molar-refractivity contribution < 1.29 is 9.53 Å². The summed E-state index contributed by atoms with van der Waals surface area (Å²) in [5, 5.41) is 14.2. The van der Waals surface area contributed by atoms with E-state index in [0.717, 1.165) is 11.3 Å². The first-order chi connectivity index (χ1) is 12.6. The Bertz CT molecular complexity index is 879. The van der Waals surface area contributed by atoms with Crippen LogP contribution in [0.15, 0.2) is 54.7 Å². The molecule has 0 atom stereocenters. The van der Waals surface area contributed by atoms with Crippen LogP contribution in [-0.2, 0) is 11.3 Å². The van der Waals surface area contributed by atoms with E-state index in [-0.39, 0.29) is 5.97 Å². The summed E-state index contributed by atoms with van der Waals surface area (Å²) in [5.74, 6) is 0.607. The van der Waals surface area contributed by atoms with Crippen molar-refractivity contribution in [3.8, 4) is 0 Å². The Kier molecular flexibility index (Phi) is 5.38. The maximum atomic E-state index is 11.4. The molecular formula is C19H19N5O2. The highest BCUT2D eigenvalue weighted by molar-refractivity contribution is 5.89. The number of aryl methyl sites for hydroxylation is 1. The second-order valence-electron chi connectivity index (χ2n) is 5.70. The van der Waals surface area contributed by atoms with Crippen LogP contribution in [0.25, 0.3) is 0 Å². The number of hydrogen-bond acceptors (Lipinski definition) is 7. The molecule has 7 heteroatoms. The van der Waals surface area contributed by atoms with Gasteiger partial charge in [-0.25, -0.2) is 4.79 Å². The van der Waals surface area contributed by atoms with Gasteiger partial charge in [0.1, 0.15) is 0 Å². The molecule has 132 valence electrons. The number of rotatable bonds is 6. The Balaban J connectivity index is 1.63. The molecule has 26 heavy (non-hydrogen) atoms. The Morgan fingerprint density at radius 1 is 1.08 bits per heavy atom. The van der Waals surface area contributed by atoms with E-state index in [1.807, 2.05) is 0 Å². The smallest absolute Gasteiger partial charge is 0.337 e. The van der Waals surface area contributed by atoms with Crippen molar-refractivity contribution in [3.63, 3.8) is 0 Å². The van der Waals surface area contributed by atoms with Gasteiger partial charge in [0.2, 0.25) is 5.95 Å². The topological polar surface area (TPSA) is 89.0 Å². The third kappa shape index (κ3) is 4.54. The Hall–Kier alpha value is -3.48. The molecule has 1 aromatic heterocycles. The van der Waals surface area contributed by atoms with Gasteiger partial charge in [0.15, 0.2) is 5.82 Å². The van der Waals surface area contributed by atoms with Gasteiger partial charge in [-0.2, -0.15) is 10.1 Å². The molecule has 0 fully saturated rings. The molecule has 0 aliphatic rings. The highest BCUT2D eigenvalue weighted by Crippen LogP contribution is 2.15. The molecule has 0 aliphatic carbocycles. The molecule has 3 aromatic rings. The molecule has 0 radical (unpaired) electrons. The molecule has 0 spiro atoms. The van der Waals surface area contributed by atoms with Crippen LogP contribution in [0.5, 0.6) is 0 Å². The summed E-state index contributed by atoms with van der Waals surface area (Å²) in [4.78, 5) is 15.8. The van der Waals surface area contributed by atoms with Crippen molar-refractivity contribution in [2.45, 2.75) is 13.5 Å². The van der Waals surface area contributed by atoms with E-state index in [1.54, 1.807) is 30.5 Å². The van der Waals surface area contributed by atoms with Gasteiger partial charge in [-0.1, -0.05) is 29.8 Å². The lowest BCUT2D eigenvalue weighted by molar-refractivity contribution is 0.0601. The number of benzene rings is 2. The van der Waals surface area contributed by atoms with Crippen molar-refractivity contribution in [1.29, 1.82) is 0 Å². The predicted octanol–water partition coefficient (Wildman–Crippen LogP) is 3.32. The number of anilines is 3. The Labute approximate surface area is 151 Å². The molecule has 0 saturated heterocycles. The zero-order valence-electron chi connectivity index (χ0n) is 14.6. The third-order valence-electron chi connectivity index (χ3n) is 3.72. The molecule has 7 nitrogen and oxygen atoms in total. The lowest BCUT2D eigenvalue weighted by Gasteiger charge is -2.08. The van der Waals surface area contributed by atoms with Gasteiger partial charge in [0.25, 0.3) is 0 Å². The predicted molar refractivity (Wildman–Crippen MR) is 99.4 cm³/mol. The fraction of sp³-hybridized carbons (Fsp3) is 0.158. The van der Waals surface area contributed by atoms with Crippen molar-refractivity contribution in [2.24, 2.45) is 0 Å². The summed E-state index contributed by atoms with van der Waals surface area (Å²) in [6, 6.07) is 15.1. The highest BCUT2D eigenvalue weighted by atomic mass is 16.5. The fourth-order valence-corrected chi connectivity index (χ4v) is 2.28. The average Bonchev–Trinajstić information content (AvgIpc) is 2.68. The summed E-state index contributed by atoms with van der Waals surface area (Å²) in [5.41, 5.74) is 3.60. The first kappa shape index (κ1) is 17.3. The van der Waals surface area contributed by atoms with E-state index in [9.17, 15) is 4.79 Å². The summed E-state index contributed by atoms with van der Waals surface area (Å²) in [7, 11) is 1.35. The minimum Gasteiger partial charge on any atom is -0.465 e. The maximum Gasteiger partial charge on any atom is 0.337 e. The van der Waals surface area contributed by atoms with Crippen LogP contribution < -0.4 is 10.6 Å². The van der Waals surface area contributed by atoms with Gasteiger partial charge in [-0.3, -0.25) is 0 Å². The van der Waals surface area contributed by atoms with E-state index in [1.165, 1.54) is 12.7 Å². The minimum absolute atomic E-state index is 0.365. The SMILES string of the molecule is COC(=O)c1ccc(Nc2nncc(NCc3ccc(C)cc3)n2)cc1. The first-order valence-electron chi connectivity index (χ1n) is 8.08. The van der Waals surface area contributed by atoms with Crippen molar-refractivity contribution in [3.05, 3.63) is 71.4 Å². The monoisotopic (exact) mass is 349 g/mol. The lowest BCUT2D eigenvalue weighted by Crippen LogP contribution is -2.06. The van der Waals surface area contributed by atoms with Crippen LogP contribution in [0.1, 0.15) is 21.5 Å². The summed E-state index contributed by atoms with van der Waals surface area (Å²) in [6.07, 6.45) is 1.57. The molecule has 0 aliphatic heterocycles. The number of nitrogens with zero attached hydrogens (tertiary/aromatic N) is 3. The number of esters is 1. The summed E-state index contributed by atoms with van der Waals surface area (Å²) < 4.78 is 4.68. The van der Waals surface area contributed by atoms with Crippen LogP contribution in [0.3, 0.4) is 0 Å². The molecule has 2 N–H and O–H groups in total. The zero-order valence-corrected chi connectivity index (χ0v) is 14.6. The molecule has 3 rings (SSSR count). The minimum atomic E-state index is -0.378.